The Morgan fingerprint density at radius 1 is 1.19 bits per heavy atom. The summed E-state index contributed by atoms with van der Waals surface area (Å²) in [6.07, 6.45) is 0. The van der Waals surface area contributed by atoms with Crippen molar-refractivity contribution in [3.8, 4) is 0 Å². The second-order valence-electron chi connectivity index (χ2n) is 6.15. The molecule has 0 aliphatic carbocycles. The summed E-state index contributed by atoms with van der Waals surface area (Å²) in [6, 6.07) is 15.1. The average molecular weight is 365 g/mol. The van der Waals surface area contributed by atoms with Crippen LogP contribution in [0.4, 0.5) is 5.82 Å². The Labute approximate surface area is 155 Å². The first-order valence-electron chi connectivity index (χ1n) is 8.40. The summed E-state index contributed by atoms with van der Waals surface area (Å²) in [5.41, 5.74) is 3.22. The van der Waals surface area contributed by atoms with E-state index in [-0.39, 0.29) is 5.91 Å². The van der Waals surface area contributed by atoms with Crippen LogP contribution in [0.25, 0.3) is 21.9 Å². The Morgan fingerprint density at radius 2 is 2.00 bits per heavy atom. The van der Waals surface area contributed by atoms with Crippen LogP contribution in [0.1, 0.15) is 22.8 Å². The first kappa shape index (κ1) is 16.5. The minimum absolute atomic E-state index is 0.289. The molecular weight excluding hydrogens is 348 g/mol. The molecular formula is C20H17ClN4O. The molecule has 0 saturated heterocycles. The van der Waals surface area contributed by atoms with E-state index in [0.29, 0.717) is 22.9 Å². The third kappa shape index (κ3) is 2.80. The molecule has 0 saturated carbocycles. The molecule has 4 rings (SSSR count). The lowest BCUT2D eigenvalue weighted by molar-refractivity contribution is 0.102. The van der Waals surface area contributed by atoms with Gasteiger partial charge in [0.2, 0.25) is 0 Å². The monoisotopic (exact) mass is 364 g/mol. The predicted molar refractivity (Wildman–Crippen MR) is 105 cm³/mol. The minimum Gasteiger partial charge on any atom is -0.304 e. The van der Waals surface area contributed by atoms with Gasteiger partial charge in [-0.05, 0) is 44.2 Å². The minimum atomic E-state index is -0.289. The van der Waals surface area contributed by atoms with E-state index < -0.39 is 0 Å². The van der Waals surface area contributed by atoms with Gasteiger partial charge in [-0.25, -0.2) is 9.67 Å². The highest BCUT2D eigenvalue weighted by Crippen LogP contribution is 2.27. The molecule has 26 heavy (non-hydrogen) atoms. The van der Waals surface area contributed by atoms with Gasteiger partial charge in [0.1, 0.15) is 0 Å². The van der Waals surface area contributed by atoms with Gasteiger partial charge in [-0.2, -0.15) is 5.10 Å². The van der Waals surface area contributed by atoms with E-state index in [9.17, 15) is 4.79 Å². The summed E-state index contributed by atoms with van der Waals surface area (Å²) in [4.78, 5) is 17.4. The van der Waals surface area contributed by atoms with Crippen LogP contribution in [0.15, 0.2) is 48.5 Å². The standard InChI is InChI=1S/C20H17ClN4O/c1-3-25-19-15(11-13-10-12(2)8-9-17(13)22-19)18(24-25)23-20(26)14-6-4-5-7-16(14)21/h4-11H,3H2,1-2H3,(H,23,24,26). The molecule has 0 bridgehead atoms. The molecule has 0 radical (unpaired) electrons. The number of benzene rings is 2. The fourth-order valence-electron chi connectivity index (χ4n) is 3.01. The van der Waals surface area contributed by atoms with E-state index in [1.165, 1.54) is 0 Å². The van der Waals surface area contributed by atoms with Crippen molar-refractivity contribution in [2.45, 2.75) is 20.4 Å². The second kappa shape index (κ2) is 6.42. The maximum absolute atomic E-state index is 12.6. The summed E-state index contributed by atoms with van der Waals surface area (Å²) < 4.78 is 1.79. The van der Waals surface area contributed by atoms with Gasteiger partial charge in [0, 0.05) is 11.9 Å². The highest BCUT2D eigenvalue weighted by atomic mass is 35.5. The van der Waals surface area contributed by atoms with Crippen molar-refractivity contribution in [1.29, 1.82) is 0 Å². The van der Waals surface area contributed by atoms with Crippen molar-refractivity contribution in [2.75, 3.05) is 5.32 Å². The van der Waals surface area contributed by atoms with Gasteiger partial charge in [-0.3, -0.25) is 4.79 Å². The van der Waals surface area contributed by atoms with E-state index in [1.54, 1.807) is 28.9 Å². The summed E-state index contributed by atoms with van der Waals surface area (Å²) in [5, 5.41) is 9.64. The molecule has 0 fully saturated rings. The maximum atomic E-state index is 12.6. The van der Waals surface area contributed by atoms with Gasteiger partial charge in [-0.15, -0.1) is 0 Å². The maximum Gasteiger partial charge on any atom is 0.258 e. The number of carbonyl (C=O) groups excluding carboxylic acids is 1. The Kier molecular flexibility index (Phi) is 4.09. The van der Waals surface area contributed by atoms with Crippen molar-refractivity contribution in [2.24, 2.45) is 0 Å². The lowest BCUT2D eigenvalue weighted by atomic mass is 10.1. The molecule has 130 valence electrons. The summed E-state index contributed by atoms with van der Waals surface area (Å²) in [5.74, 6) is 0.199. The fraction of sp³-hybridized carbons (Fsp3) is 0.150. The molecule has 0 aliphatic heterocycles. The number of aryl methyl sites for hydroxylation is 2. The van der Waals surface area contributed by atoms with Gasteiger partial charge in [0.25, 0.3) is 5.91 Å². The first-order valence-corrected chi connectivity index (χ1v) is 8.78. The molecule has 0 spiro atoms. The zero-order valence-electron chi connectivity index (χ0n) is 14.5. The quantitative estimate of drug-likeness (QED) is 0.567. The molecule has 1 N–H and O–H groups in total. The molecule has 6 heteroatoms. The van der Waals surface area contributed by atoms with Crippen LogP contribution in [0, 0.1) is 6.92 Å². The van der Waals surface area contributed by atoms with Crippen LogP contribution < -0.4 is 5.32 Å². The number of rotatable bonds is 3. The summed E-state index contributed by atoms with van der Waals surface area (Å²) in [6.45, 7) is 4.69. The lowest BCUT2D eigenvalue weighted by Crippen LogP contribution is -2.13. The molecule has 0 atom stereocenters. The number of fused-ring (bicyclic) bond motifs is 2. The largest absolute Gasteiger partial charge is 0.304 e. The molecule has 2 heterocycles. The average Bonchev–Trinajstić information content (AvgIpc) is 2.97. The number of anilines is 1. The highest BCUT2D eigenvalue weighted by Gasteiger charge is 2.17. The number of aromatic nitrogens is 3. The number of carbonyl (C=O) groups is 1. The van der Waals surface area contributed by atoms with E-state index in [0.717, 1.165) is 27.5 Å². The number of halogens is 1. The summed E-state index contributed by atoms with van der Waals surface area (Å²) >= 11 is 6.13. The fourth-order valence-corrected chi connectivity index (χ4v) is 3.23. The van der Waals surface area contributed by atoms with Crippen LogP contribution in [-0.4, -0.2) is 20.7 Å². The highest BCUT2D eigenvalue weighted by molar-refractivity contribution is 6.34. The second-order valence-corrected chi connectivity index (χ2v) is 6.56. The van der Waals surface area contributed by atoms with Crippen molar-refractivity contribution >= 4 is 45.3 Å². The van der Waals surface area contributed by atoms with E-state index in [4.69, 9.17) is 16.6 Å². The molecule has 4 aromatic rings. The van der Waals surface area contributed by atoms with E-state index >= 15 is 0 Å². The Morgan fingerprint density at radius 3 is 2.77 bits per heavy atom. The normalized spacial score (nSPS) is 11.2. The number of hydrogen-bond acceptors (Lipinski definition) is 3. The number of nitrogens with one attached hydrogen (secondary N) is 1. The third-order valence-electron chi connectivity index (χ3n) is 4.32. The number of pyridine rings is 1. The Bertz CT molecular complexity index is 1150. The first-order chi connectivity index (χ1) is 12.6. The Balaban J connectivity index is 1.84. The molecule has 2 aromatic heterocycles. The zero-order valence-corrected chi connectivity index (χ0v) is 15.2. The SMILES string of the molecule is CCn1nc(NC(=O)c2ccccc2Cl)c2cc3cc(C)ccc3nc21. The van der Waals surface area contributed by atoms with Gasteiger partial charge in [0.15, 0.2) is 11.5 Å². The molecule has 0 aliphatic rings. The number of hydrogen-bond donors (Lipinski definition) is 1. The van der Waals surface area contributed by atoms with E-state index in [1.807, 2.05) is 32.0 Å². The van der Waals surface area contributed by atoms with Crippen molar-refractivity contribution in [3.63, 3.8) is 0 Å². The Hall–Kier alpha value is -2.92. The van der Waals surface area contributed by atoms with Crippen LogP contribution in [0.3, 0.4) is 0 Å². The van der Waals surface area contributed by atoms with Gasteiger partial charge in [-0.1, -0.05) is 35.4 Å². The van der Waals surface area contributed by atoms with Crippen LogP contribution >= 0.6 is 11.6 Å². The van der Waals surface area contributed by atoms with Crippen LogP contribution in [0.2, 0.25) is 5.02 Å². The molecule has 0 unspecified atom stereocenters. The predicted octanol–water partition coefficient (Wildman–Crippen LogP) is 4.82. The zero-order chi connectivity index (χ0) is 18.3. The van der Waals surface area contributed by atoms with E-state index in [2.05, 4.69) is 16.5 Å². The molecule has 5 nitrogen and oxygen atoms in total. The lowest BCUT2D eigenvalue weighted by Gasteiger charge is -2.05. The van der Waals surface area contributed by atoms with Crippen molar-refractivity contribution < 1.29 is 4.79 Å². The van der Waals surface area contributed by atoms with Gasteiger partial charge < -0.3 is 5.32 Å². The van der Waals surface area contributed by atoms with Crippen LogP contribution in [-0.2, 0) is 6.54 Å². The van der Waals surface area contributed by atoms with Crippen molar-refractivity contribution in [1.82, 2.24) is 14.8 Å². The third-order valence-corrected chi connectivity index (χ3v) is 4.65. The molecule has 1 amide bonds. The summed E-state index contributed by atoms with van der Waals surface area (Å²) in [7, 11) is 0. The number of amides is 1. The number of nitrogens with zero attached hydrogens (tertiary/aromatic N) is 3. The van der Waals surface area contributed by atoms with Gasteiger partial charge in [0.05, 0.1) is 21.5 Å². The van der Waals surface area contributed by atoms with Gasteiger partial charge >= 0.3 is 0 Å². The van der Waals surface area contributed by atoms with Crippen LogP contribution in [0.5, 0.6) is 0 Å². The topological polar surface area (TPSA) is 59.8 Å². The molecule has 2 aromatic carbocycles. The smallest absolute Gasteiger partial charge is 0.258 e. The van der Waals surface area contributed by atoms with Crippen molar-refractivity contribution in [3.05, 3.63) is 64.7 Å².